The molecule has 0 saturated carbocycles. The third-order valence-electron chi connectivity index (χ3n) is 2.51. The number of hydrogen-bond donors (Lipinski definition) is 1. The van der Waals surface area contributed by atoms with E-state index in [1.165, 1.54) is 0 Å². The van der Waals surface area contributed by atoms with Crippen molar-refractivity contribution in [1.29, 1.82) is 0 Å². The molecule has 1 rings (SSSR count). The number of nitrogens with zero attached hydrogens (tertiary/aromatic N) is 3. The van der Waals surface area contributed by atoms with E-state index in [1.807, 2.05) is 25.7 Å². The first-order valence-corrected chi connectivity index (χ1v) is 6.10. The highest BCUT2D eigenvalue weighted by Crippen LogP contribution is 2.24. The first kappa shape index (κ1) is 14.2. The molecule has 0 radical (unpaired) electrons. The van der Waals surface area contributed by atoms with Gasteiger partial charge in [0.15, 0.2) is 11.0 Å². The Labute approximate surface area is 108 Å². The van der Waals surface area contributed by atoms with Gasteiger partial charge in [-0.3, -0.25) is 0 Å². The lowest BCUT2D eigenvalue weighted by Crippen LogP contribution is -2.39. The van der Waals surface area contributed by atoms with Crippen molar-refractivity contribution < 1.29 is 5.11 Å². The molecule has 0 aromatic carbocycles. The summed E-state index contributed by atoms with van der Waals surface area (Å²) >= 11 is 6.11. The van der Waals surface area contributed by atoms with E-state index in [4.69, 9.17) is 11.6 Å². The van der Waals surface area contributed by atoms with Gasteiger partial charge in [-0.1, -0.05) is 11.6 Å². The smallest absolute Gasteiger partial charge is 0.171 e. The van der Waals surface area contributed by atoms with Crippen LogP contribution in [0.15, 0.2) is 0 Å². The molecule has 4 nitrogen and oxygen atoms in total. The molecule has 17 heavy (non-hydrogen) atoms. The predicted octanol–water partition coefficient (Wildman–Crippen LogP) is 2.34. The molecule has 0 bridgehead atoms. The fraction of sp³-hybridized carbons (Fsp3) is 0.667. The number of anilines is 1. The number of rotatable bonds is 4. The number of hydrogen-bond acceptors (Lipinski definition) is 4. The van der Waals surface area contributed by atoms with Crippen molar-refractivity contribution in [3.63, 3.8) is 0 Å². The van der Waals surface area contributed by atoms with Crippen LogP contribution in [0.1, 0.15) is 32.2 Å². The third-order valence-corrected chi connectivity index (χ3v) is 2.76. The van der Waals surface area contributed by atoms with Gasteiger partial charge in [0.1, 0.15) is 0 Å². The maximum atomic E-state index is 9.86. The number of aromatic nitrogens is 2. The molecule has 1 N–H and O–H groups in total. The molecule has 1 aromatic heterocycles. The second kappa shape index (κ2) is 5.19. The number of aryl methyl sites for hydroxylation is 2. The van der Waals surface area contributed by atoms with Gasteiger partial charge < -0.3 is 10.0 Å². The zero-order valence-corrected chi connectivity index (χ0v) is 11.8. The van der Waals surface area contributed by atoms with Gasteiger partial charge in [0.25, 0.3) is 0 Å². The Morgan fingerprint density at radius 3 is 2.24 bits per heavy atom. The Balaban J connectivity index is 3.08. The topological polar surface area (TPSA) is 49.2 Å². The second-order valence-electron chi connectivity index (χ2n) is 4.84. The molecule has 0 atom stereocenters. The van der Waals surface area contributed by atoms with E-state index in [9.17, 15) is 5.11 Å². The van der Waals surface area contributed by atoms with Gasteiger partial charge in [0, 0.05) is 13.1 Å². The van der Waals surface area contributed by atoms with Crippen molar-refractivity contribution in [3.05, 3.63) is 16.5 Å². The van der Waals surface area contributed by atoms with Crippen LogP contribution in [-0.4, -0.2) is 33.8 Å². The first-order valence-electron chi connectivity index (χ1n) is 5.72. The highest BCUT2D eigenvalue weighted by Gasteiger charge is 2.21. The van der Waals surface area contributed by atoms with E-state index >= 15 is 0 Å². The van der Waals surface area contributed by atoms with Gasteiger partial charge in [-0.05, 0) is 34.6 Å². The fourth-order valence-corrected chi connectivity index (χ4v) is 1.86. The molecule has 0 aliphatic carbocycles. The van der Waals surface area contributed by atoms with Gasteiger partial charge in [-0.15, -0.1) is 0 Å². The summed E-state index contributed by atoms with van der Waals surface area (Å²) in [6.07, 6.45) is 0. The quantitative estimate of drug-likeness (QED) is 0.900. The zero-order chi connectivity index (χ0) is 13.2. The summed E-state index contributed by atoms with van der Waals surface area (Å²) in [7, 11) is 0. The van der Waals surface area contributed by atoms with Gasteiger partial charge >= 0.3 is 0 Å². The Kier molecular flexibility index (Phi) is 4.33. The molecular weight excluding hydrogens is 238 g/mol. The molecular formula is C12H20ClN3O. The summed E-state index contributed by atoms with van der Waals surface area (Å²) in [5.41, 5.74) is 0.899. The highest BCUT2D eigenvalue weighted by molar-refractivity contribution is 6.31. The summed E-state index contributed by atoms with van der Waals surface area (Å²) in [4.78, 5) is 10.6. The summed E-state index contributed by atoms with van der Waals surface area (Å²) < 4.78 is 0. The summed E-state index contributed by atoms with van der Waals surface area (Å²) in [6.45, 7) is 10.5. The van der Waals surface area contributed by atoms with Gasteiger partial charge in [0.05, 0.1) is 17.0 Å². The van der Waals surface area contributed by atoms with Crippen molar-refractivity contribution in [2.75, 3.05) is 18.0 Å². The minimum atomic E-state index is -0.792. The molecule has 0 amide bonds. The zero-order valence-electron chi connectivity index (χ0n) is 11.1. The Bertz CT molecular complexity index is 401. The molecule has 0 spiro atoms. The molecule has 0 aliphatic heterocycles. The molecule has 96 valence electrons. The van der Waals surface area contributed by atoms with Crippen molar-refractivity contribution in [3.8, 4) is 0 Å². The van der Waals surface area contributed by atoms with Gasteiger partial charge in [0.2, 0.25) is 0 Å². The van der Waals surface area contributed by atoms with Crippen LogP contribution in [0.3, 0.4) is 0 Å². The average Bonchev–Trinajstić information content (AvgIpc) is 2.19. The number of halogens is 1. The lowest BCUT2D eigenvalue weighted by molar-refractivity contribution is 0.0874. The van der Waals surface area contributed by atoms with Crippen LogP contribution in [-0.2, 0) is 0 Å². The predicted molar refractivity (Wildman–Crippen MR) is 70.7 cm³/mol. The molecule has 5 heteroatoms. The summed E-state index contributed by atoms with van der Waals surface area (Å²) in [5, 5.41) is 10.3. The van der Waals surface area contributed by atoms with Crippen LogP contribution in [0.2, 0.25) is 5.15 Å². The van der Waals surface area contributed by atoms with Crippen LogP contribution in [0.25, 0.3) is 0 Å². The molecule has 0 saturated heterocycles. The summed E-state index contributed by atoms with van der Waals surface area (Å²) in [5.74, 6) is 0.638. The van der Waals surface area contributed by atoms with Gasteiger partial charge in [-0.25, -0.2) is 9.97 Å². The fourth-order valence-electron chi connectivity index (χ4n) is 1.57. The Morgan fingerprint density at radius 1 is 1.24 bits per heavy atom. The molecule has 1 heterocycles. The van der Waals surface area contributed by atoms with Crippen molar-refractivity contribution in [1.82, 2.24) is 9.97 Å². The standard InChI is InChI=1S/C12H20ClN3O/c1-6-16(7-12(4,5)17)11-10(13)14-8(2)9(3)15-11/h17H,6-7H2,1-5H3. The molecule has 0 aliphatic rings. The number of aliphatic hydroxyl groups is 1. The van der Waals surface area contributed by atoms with Crippen molar-refractivity contribution in [2.45, 2.75) is 40.2 Å². The van der Waals surface area contributed by atoms with Crippen molar-refractivity contribution in [2.24, 2.45) is 0 Å². The van der Waals surface area contributed by atoms with E-state index in [0.29, 0.717) is 17.5 Å². The lowest BCUT2D eigenvalue weighted by atomic mass is 10.1. The van der Waals surface area contributed by atoms with E-state index < -0.39 is 5.60 Å². The second-order valence-corrected chi connectivity index (χ2v) is 5.19. The average molecular weight is 258 g/mol. The van der Waals surface area contributed by atoms with Gasteiger partial charge in [-0.2, -0.15) is 0 Å². The van der Waals surface area contributed by atoms with Crippen molar-refractivity contribution >= 4 is 17.4 Å². The maximum Gasteiger partial charge on any atom is 0.171 e. The lowest BCUT2D eigenvalue weighted by Gasteiger charge is -2.29. The minimum Gasteiger partial charge on any atom is -0.389 e. The van der Waals surface area contributed by atoms with E-state index in [-0.39, 0.29) is 0 Å². The molecule has 0 fully saturated rings. The Hall–Kier alpha value is -0.870. The minimum absolute atomic E-state index is 0.388. The Morgan fingerprint density at radius 2 is 1.76 bits per heavy atom. The highest BCUT2D eigenvalue weighted by atomic mass is 35.5. The molecule has 1 aromatic rings. The number of likely N-dealkylation sites (N-methyl/N-ethyl adjacent to an activating group) is 1. The van der Waals surface area contributed by atoms with Crippen LogP contribution in [0.5, 0.6) is 0 Å². The van der Waals surface area contributed by atoms with Crippen LogP contribution < -0.4 is 4.90 Å². The van der Waals surface area contributed by atoms with Crippen LogP contribution in [0, 0.1) is 13.8 Å². The summed E-state index contributed by atoms with van der Waals surface area (Å²) in [6, 6.07) is 0. The molecule has 0 unspecified atom stereocenters. The normalized spacial score (nSPS) is 11.7. The van der Waals surface area contributed by atoms with E-state index in [1.54, 1.807) is 13.8 Å². The maximum absolute atomic E-state index is 9.86. The monoisotopic (exact) mass is 257 g/mol. The SMILES string of the molecule is CCN(CC(C)(C)O)c1nc(C)c(C)nc1Cl. The first-order chi connectivity index (χ1) is 7.74. The van der Waals surface area contributed by atoms with Crippen LogP contribution >= 0.6 is 11.6 Å². The largest absolute Gasteiger partial charge is 0.389 e. The van der Waals surface area contributed by atoms with E-state index in [2.05, 4.69) is 9.97 Å². The van der Waals surface area contributed by atoms with Crippen LogP contribution in [0.4, 0.5) is 5.82 Å². The third kappa shape index (κ3) is 3.82. The van der Waals surface area contributed by atoms with E-state index in [0.717, 1.165) is 17.9 Å².